The average Bonchev–Trinajstić information content (AvgIpc) is 2.27. The van der Waals surface area contributed by atoms with Gasteiger partial charge in [0.25, 0.3) is 0 Å². The SMILES string of the molecule is COc1cccc(CO)c1OCCC(F)(F)F. The Morgan fingerprint density at radius 2 is 2.00 bits per heavy atom. The number of hydrogen-bond donors (Lipinski definition) is 1. The molecule has 0 unspecified atom stereocenters. The van der Waals surface area contributed by atoms with Crippen molar-refractivity contribution < 1.29 is 27.8 Å². The molecule has 0 fully saturated rings. The summed E-state index contributed by atoms with van der Waals surface area (Å²) >= 11 is 0. The van der Waals surface area contributed by atoms with Gasteiger partial charge in [0.05, 0.1) is 26.7 Å². The van der Waals surface area contributed by atoms with E-state index in [4.69, 9.17) is 14.6 Å². The molecule has 17 heavy (non-hydrogen) atoms. The molecule has 0 aliphatic heterocycles. The highest BCUT2D eigenvalue weighted by Gasteiger charge is 2.27. The van der Waals surface area contributed by atoms with E-state index in [0.29, 0.717) is 11.3 Å². The lowest BCUT2D eigenvalue weighted by molar-refractivity contribution is -0.139. The number of para-hydroxylation sites is 1. The van der Waals surface area contributed by atoms with Gasteiger partial charge in [-0.15, -0.1) is 0 Å². The Kier molecular flexibility index (Phi) is 4.62. The second-order valence-electron chi connectivity index (χ2n) is 3.32. The predicted octanol–water partition coefficient (Wildman–Crippen LogP) is 2.52. The van der Waals surface area contributed by atoms with Crippen LogP contribution in [0, 0.1) is 0 Å². The quantitative estimate of drug-likeness (QED) is 0.872. The highest BCUT2D eigenvalue weighted by molar-refractivity contribution is 5.46. The number of benzene rings is 1. The number of hydrogen-bond acceptors (Lipinski definition) is 3. The molecular formula is C11H13F3O3. The molecule has 1 aromatic carbocycles. The molecule has 0 saturated heterocycles. The molecule has 0 spiro atoms. The molecule has 0 amide bonds. The Morgan fingerprint density at radius 1 is 1.29 bits per heavy atom. The third-order valence-corrected chi connectivity index (χ3v) is 2.08. The van der Waals surface area contributed by atoms with Crippen LogP contribution in [-0.2, 0) is 6.61 Å². The van der Waals surface area contributed by atoms with Crippen LogP contribution in [0.4, 0.5) is 13.2 Å². The summed E-state index contributed by atoms with van der Waals surface area (Å²) in [5.74, 6) is 0.459. The van der Waals surface area contributed by atoms with Crippen LogP contribution in [0.3, 0.4) is 0 Å². The zero-order valence-corrected chi connectivity index (χ0v) is 9.25. The molecule has 0 radical (unpaired) electrons. The normalized spacial score (nSPS) is 11.4. The second-order valence-corrected chi connectivity index (χ2v) is 3.32. The first-order valence-corrected chi connectivity index (χ1v) is 4.94. The van der Waals surface area contributed by atoms with Gasteiger partial charge in [-0.3, -0.25) is 0 Å². The molecule has 0 atom stereocenters. The number of aliphatic hydroxyl groups excluding tert-OH is 1. The fourth-order valence-electron chi connectivity index (χ4n) is 1.28. The lowest BCUT2D eigenvalue weighted by atomic mass is 10.2. The lowest BCUT2D eigenvalue weighted by Crippen LogP contribution is -2.13. The molecule has 1 N–H and O–H groups in total. The van der Waals surface area contributed by atoms with Crippen LogP contribution in [-0.4, -0.2) is 25.0 Å². The van der Waals surface area contributed by atoms with Crippen molar-refractivity contribution >= 4 is 0 Å². The number of rotatable bonds is 5. The van der Waals surface area contributed by atoms with Crippen molar-refractivity contribution in [2.24, 2.45) is 0 Å². The first-order valence-electron chi connectivity index (χ1n) is 4.94. The summed E-state index contributed by atoms with van der Waals surface area (Å²) < 4.78 is 45.9. The molecule has 0 heterocycles. The molecule has 6 heteroatoms. The van der Waals surface area contributed by atoms with Gasteiger partial charge in [0.15, 0.2) is 11.5 Å². The zero-order valence-electron chi connectivity index (χ0n) is 9.25. The van der Waals surface area contributed by atoms with Gasteiger partial charge in [0.1, 0.15) is 0 Å². The van der Waals surface area contributed by atoms with Gasteiger partial charge in [-0.05, 0) is 6.07 Å². The summed E-state index contributed by atoms with van der Waals surface area (Å²) in [6, 6.07) is 4.74. The number of aliphatic hydroxyl groups is 1. The Morgan fingerprint density at radius 3 is 2.53 bits per heavy atom. The van der Waals surface area contributed by atoms with Crippen molar-refractivity contribution in [3.8, 4) is 11.5 Å². The third kappa shape index (κ3) is 4.14. The van der Waals surface area contributed by atoms with E-state index in [1.165, 1.54) is 7.11 Å². The van der Waals surface area contributed by atoms with Gasteiger partial charge in [-0.2, -0.15) is 13.2 Å². The smallest absolute Gasteiger partial charge is 0.392 e. The minimum atomic E-state index is -4.26. The molecule has 0 aromatic heterocycles. The van der Waals surface area contributed by atoms with E-state index in [-0.39, 0.29) is 12.4 Å². The summed E-state index contributed by atoms with van der Waals surface area (Å²) in [4.78, 5) is 0. The second kappa shape index (κ2) is 5.77. The Bertz CT molecular complexity index is 341. The summed E-state index contributed by atoms with van der Waals surface area (Å²) in [5.41, 5.74) is 0.395. The maximum absolute atomic E-state index is 12.0. The van der Waals surface area contributed by atoms with Gasteiger partial charge < -0.3 is 14.6 Å². The van der Waals surface area contributed by atoms with Crippen LogP contribution in [0.5, 0.6) is 11.5 Å². The van der Waals surface area contributed by atoms with Crippen molar-refractivity contribution in [2.75, 3.05) is 13.7 Å². The standard InChI is InChI=1S/C11H13F3O3/c1-16-9-4-2-3-8(7-15)10(9)17-6-5-11(12,13)14/h2-4,15H,5-7H2,1H3. The molecule has 0 aliphatic rings. The molecule has 0 aliphatic carbocycles. The summed E-state index contributed by atoms with van der Waals surface area (Å²) in [7, 11) is 1.38. The van der Waals surface area contributed by atoms with E-state index in [2.05, 4.69) is 0 Å². The minimum absolute atomic E-state index is 0.154. The van der Waals surface area contributed by atoms with E-state index >= 15 is 0 Å². The molecular weight excluding hydrogens is 237 g/mol. The highest BCUT2D eigenvalue weighted by Crippen LogP contribution is 2.31. The molecule has 3 nitrogen and oxygen atoms in total. The largest absolute Gasteiger partial charge is 0.493 e. The van der Waals surface area contributed by atoms with E-state index in [0.717, 1.165) is 0 Å². The van der Waals surface area contributed by atoms with E-state index in [1.54, 1.807) is 18.2 Å². The zero-order chi connectivity index (χ0) is 12.9. The third-order valence-electron chi connectivity index (χ3n) is 2.08. The fourth-order valence-corrected chi connectivity index (χ4v) is 1.28. The fraction of sp³-hybridized carbons (Fsp3) is 0.455. The molecule has 1 rings (SSSR count). The van der Waals surface area contributed by atoms with E-state index < -0.39 is 19.2 Å². The first kappa shape index (κ1) is 13.6. The summed E-state index contributed by atoms with van der Waals surface area (Å²) in [6.07, 6.45) is -5.31. The van der Waals surface area contributed by atoms with Crippen LogP contribution in [0.1, 0.15) is 12.0 Å². The van der Waals surface area contributed by atoms with Crippen molar-refractivity contribution in [1.82, 2.24) is 0 Å². The van der Waals surface area contributed by atoms with Crippen molar-refractivity contribution in [1.29, 1.82) is 0 Å². The Hall–Kier alpha value is -1.43. The number of alkyl halides is 3. The Labute approximate surface area is 96.8 Å². The number of ether oxygens (including phenoxy) is 2. The predicted molar refractivity (Wildman–Crippen MR) is 55.1 cm³/mol. The van der Waals surface area contributed by atoms with Gasteiger partial charge in [0, 0.05) is 5.56 Å². The van der Waals surface area contributed by atoms with Gasteiger partial charge in [-0.25, -0.2) is 0 Å². The topological polar surface area (TPSA) is 38.7 Å². The monoisotopic (exact) mass is 250 g/mol. The highest BCUT2D eigenvalue weighted by atomic mass is 19.4. The molecule has 1 aromatic rings. The summed E-state index contributed by atoms with van der Waals surface area (Å²) in [5, 5.41) is 9.04. The molecule has 96 valence electrons. The maximum Gasteiger partial charge on any atom is 0.392 e. The van der Waals surface area contributed by atoms with Crippen molar-refractivity contribution in [3.63, 3.8) is 0 Å². The molecule has 0 saturated carbocycles. The van der Waals surface area contributed by atoms with Crippen LogP contribution in [0.15, 0.2) is 18.2 Å². The lowest BCUT2D eigenvalue weighted by Gasteiger charge is -2.14. The molecule has 0 bridgehead atoms. The average molecular weight is 250 g/mol. The van der Waals surface area contributed by atoms with Gasteiger partial charge in [0.2, 0.25) is 0 Å². The van der Waals surface area contributed by atoms with Crippen LogP contribution >= 0.6 is 0 Å². The maximum atomic E-state index is 12.0. The van der Waals surface area contributed by atoms with E-state index in [1.807, 2.05) is 0 Å². The van der Waals surface area contributed by atoms with Crippen LogP contribution in [0.25, 0.3) is 0 Å². The van der Waals surface area contributed by atoms with E-state index in [9.17, 15) is 13.2 Å². The Balaban J connectivity index is 2.74. The minimum Gasteiger partial charge on any atom is -0.493 e. The number of methoxy groups -OCH3 is 1. The van der Waals surface area contributed by atoms with Gasteiger partial charge in [-0.1, -0.05) is 12.1 Å². The van der Waals surface area contributed by atoms with Crippen LogP contribution in [0.2, 0.25) is 0 Å². The summed E-state index contributed by atoms with van der Waals surface area (Å²) in [6.45, 7) is -0.824. The van der Waals surface area contributed by atoms with Crippen molar-refractivity contribution in [2.45, 2.75) is 19.2 Å². The van der Waals surface area contributed by atoms with Crippen LogP contribution < -0.4 is 9.47 Å². The first-order chi connectivity index (χ1) is 7.98. The van der Waals surface area contributed by atoms with Crippen molar-refractivity contribution in [3.05, 3.63) is 23.8 Å². The number of halogens is 3. The van der Waals surface area contributed by atoms with Gasteiger partial charge >= 0.3 is 6.18 Å².